The Morgan fingerprint density at radius 1 is 1.56 bits per heavy atom. The van der Waals surface area contributed by atoms with Gasteiger partial charge in [-0.2, -0.15) is 0 Å². The topological polar surface area (TPSA) is 83.7 Å². The van der Waals surface area contributed by atoms with Crippen LogP contribution in [-0.4, -0.2) is 29.1 Å². The number of carboxylic acid groups (broad SMARTS) is 1. The lowest BCUT2D eigenvalue weighted by Gasteiger charge is -2.18. The second kappa shape index (κ2) is 4.64. The van der Waals surface area contributed by atoms with E-state index < -0.39 is 16.8 Å². The lowest BCUT2D eigenvalue weighted by atomic mass is 10.1. The Bertz CT molecular complexity index is 501. The van der Waals surface area contributed by atoms with Crippen molar-refractivity contribution >= 4 is 17.3 Å². The van der Waals surface area contributed by atoms with Crippen molar-refractivity contribution in [3.8, 4) is 0 Å². The minimum absolute atomic E-state index is 0.0339. The predicted molar refractivity (Wildman–Crippen MR) is 65.8 cm³/mol. The zero-order valence-corrected chi connectivity index (χ0v) is 10.00. The molecule has 1 N–H and O–H groups in total. The van der Waals surface area contributed by atoms with Crippen LogP contribution in [0.2, 0.25) is 0 Å². The van der Waals surface area contributed by atoms with Crippen molar-refractivity contribution in [2.75, 3.05) is 18.0 Å². The molecule has 1 aromatic carbocycles. The second-order valence-electron chi connectivity index (χ2n) is 4.52. The van der Waals surface area contributed by atoms with Crippen molar-refractivity contribution < 1.29 is 14.8 Å². The van der Waals surface area contributed by atoms with Crippen molar-refractivity contribution in [3.05, 3.63) is 33.9 Å². The SMILES string of the molecule is Cc1ccc([N+](=O)[O-])c(N2CCC(C(=O)O)C2)c1. The van der Waals surface area contributed by atoms with Gasteiger partial charge >= 0.3 is 5.97 Å². The molecule has 0 bridgehead atoms. The highest BCUT2D eigenvalue weighted by Crippen LogP contribution is 2.32. The Hall–Kier alpha value is -2.11. The van der Waals surface area contributed by atoms with Crippen molar-refractivity contribution in [2.24, 2.45) is 5.92 Å². The summed E-state index contributed by atoms with van der Waals surface area (Å²) in [6.07, 6.45) is 0.528. The first-order valence-corrected chi connectivity index (χ1v) is 5.72. The maximum absolute atomic E-state index is 11.0. The normalized spacial score (nSPS) is 18.9. The van der Waals surface area contributed by atoms with Crippen LogP contribution in [0.5, 0.6) is 0 Å². The summed E-state index contributed by atoms with van der Waals surface area (Å²) in [6.45, 7) is 2.73. The smallest absolute Gasteiger partial charge is 0.308 e. The molecule has 0 radical (unpaired) electrons. The summed E-state index contributed by atoms with van der Waals surface area (Å²) in [6, 6.07) is 4.90. The molecule has 0 aliphatic carbocycles. The standard InChI is InChI=1S/C12H14N2O4/c1-8-2-3-10(14(17)18)11(6-8)13-5-4-9(7-13)12(15)16/h2-3,6,9H,4-5,7H2,1H3,(H,15,16). The molecule has 0 amide bonds. The summed E-state index contributed by atoms with van der Waals surface area (Å²) in [5.41, 5.74) is 1.48. The molecular weight excluding hydrogens is 236 g/mol. The van der Waals surface area contributed by atoms with Crippen LogP contribution in [0.3, 0.4) is 0 Å². The summed E-state index contributed by atoms with van der Waals surface area (Å²) >= 11 is 0. The molecular formula is C12H14N2O4. The summed E-state index contributed by atoms with van der Waals surface area (Å²) in [5, 5.41) is 19.9. The first kappa shape index (κ1) is 12.3. The van der Waals surface area contributed by atoms with Crippen molar-refractivity contribution in [1.29, 1.82) is 0 Å². The molecule has 6 heteroatoms. The van der Waals surface area contributed by atoms with E-state index in [0.717, 1.165) is 5.56 Å². The first-order valence-electron chi connectivity index (χ1n) is 5.72. The third kappa shape index (κ3) is 2.27. The van der Waals surface area contributed by atoms with Crippen LogP contribution >= 0.6 is 0 Å². The average molecular weight is 250 g/mol. The van der Waals surface area contributed by atoms with Gasteiger partial charge in [0.2, 0.25) is 0 Å². The predicted octanol–water partition coefficient (Wildman–Crippen LogP) is 1.81. The van der Waals surface area contributed by atoms with Crippen LogP contribution in [0, 0.1) is 23.0 Å². The molecule has 18 heavy (non-hydrogen) atoms. The zero-order chi connectivity index (χ0) is 13.3. The minimum Gasteiger partial charge on any atom is -0.481 e. The highest BCUT2D eigenvalue weighted by molar-refractivity contribution is 5.73. The number of rotatable bonds is 3. The number of nitro benzene ring substituents is 1. The van der Waals surface area contributed by atoms with Gasteiger partial charge in [-0.25, -0.2) is 0 Å². The van der Waals surface area contributed by atoms with Crippen LogP contribution in [-0.2, 0) is 4.79 Å². The van der Waals surface area contributed by atoms with Crippen LogP contribution < -0.4 is 4.90 Å². The minimum atomic E-state index is -0.840. The molecule has 1 saturated heterocycles. The van der Waals surface area contributed by atoms with Gasteiger partial charge in [-0.05, 0) is 25.0 Å². The van der Waals surface area contributed by atoms with E-state index in [4.69, 9.17) is 5.11 Å². The monoisotopic (exact) mass is 250 g/mol. The third-order valence-electron chi connectivity index (χ3n) is 3.21. The van der Waals surface area contributed by atoms with E-state index in [0.29, 0.717) is 25.2 Å². The molecule has 6 nitrogen and oxygen atoms in total. The fraction of sp³-hybridized carbons (Fsp3) is 0.417. The molecule has 1 aromatic rings. The Morgan fingerprint density at radius 3 is 2.83 bits per heavy atom. The second-order valence-corrected chi connectivity index (χ2v) is 4.52. The quantitative estimate of drug-likeness (QED) is 0.653. The van der Waals surface area contributed by atoms with Crippen LogP contribution in [0.25, 0.3) is 0 Å². The van der Waals surface area contributed by atoms with Gasteiger partial charge in [0.25, 0.3) is 5.69 Å². The van der Waals surface area contributed by atoms with Crippen LogP contribution in [0.4, 0.5) is 11.4 Å². The summed E-state index contributed by atoms with van der Waals surface area (Å²) < 4.78 is 0. The van der Waals surface area contributed by atoms with Gasteiger partial charge in [0.05, 0.1) is 10.8 Å². The Morgan fingerprint density at radius 2 is 2.28 bits per heavy atom. The molecule has 1 aliphatic heterocycles. The number of carboxylic acids is 1. The van der Waals surface area contributed by atoms with Gasteiger partial charge in [-0.1, -0.05) is 6.07 Å². The Balaban J connectivity index is 2.31. The number of nitro groups is 1. The largest absolute Gasteiger partial charge is 0.481 e. The number of hydrogen-bond acceptors (Lipinski definition) is 4. The molecule has 0 aromatic heterocycles. The van der Waals surface area contributed by atoms with Gasteiger partial charge < -0.3 is 10.0 Å². The van der Waals surface area contributed by atoms with E-state index >= 15 is 0 Å². The van der Waals surface area contributed by atoms with Crippen molar-refractivity contribution in [3.63, 3.8) is 0 Å². The highest BCUT2D eigenvalue weighted by atomic mass is 16.6. The molecule has 96 valence electrons. The molecule has 1 heterocycles. The van der Waals surface area contributed by atoms with E-state index in [1.165, 1.54) is 6.07 Å². The Kier molecular flexibility index (Phi) is 3.18. The van der Waals surface area contributed by atoms with Crippen molar-refractivity contribution in [2.45, 2.75) is 13.3 Å². The van der Waals surface area contributed by atoms with Gasteiger partial charge in [0.15, 0.2) is 0 Å². The van der Waals surface area contributed by atoms with Crippen molar-refractivity contribution in [1.82, 2.24) is 0 Å². The molecule has 0 spiro atoms. The number of aliphatic carboxylic acids is 1. The molecule has 2 rings (SSSR count). The van der Waals surface area contributed by atoms with E-state index in [1.54, 1.807) is 17.0 Å². The maximum Gasteiger partial charge on any atom is 0.308 e. The van der Waals surface area contributed by atoms with E-state index in [9.17, 15) is 14.9 Å². The van der Waals surface area contributed by atoms with Gasteiger partial charge in [0.1, 0.15) is 5.69 Å². The number of hydrogen-bond donors (Lipinski definition) is 1. The third-order valence-corrected chi connectivity index (χ3v) is 3.21. The number of benzene rings is 1. The number of anilines is 1. The van der Waals surface area contributed by atoms with Gasteiger partial charge in [-0.3, -0.25) is 14.9 Å². The summed E-state index contributed by atoms with van der Waals surface area (Å²) in [4.78, 5) is 23.2. The van der Waals surface area contributed by atoms with Crippen LogP contribution in [0.1, 0.15) is 12.0 Å². The highest BCUT2D eigenvalue weighted by Gasteiger charge is 2.31. The molecule has 0 saturated carbocycles. The lowest BCUT2D eigenvalue weighted by Crippen LogP contribution is -2.23. The number of aryl methyl sites for hydroxylation is 1. The van der Waals surface area contributed by atoms with E-state index in [2.05, 4.69) is 0 Å². The summed E-state index contributed by atoms with van der Waals surface area (Å²) in [5.74, 6) is -1.28. The summed E-state index contributed by atoms with van der Waals surface area (Å²) in [7, 11) is 0. The fourth-order valence-corrected chi connectivity index (χ4v) is 2.22. The number of carbonyl (C=O) groups is 1. The maximum atomic E-state index is 11.0. The first-order chi connectivity index (χ1) is 8.49. The van der Waals surface area contributed by atoms with Gasteiger partial charge in [0, 0.05) is 19.2 Å². The fourth-order valence-electron chi connectivity index (χ4n) is 2.22. The number of nitrogens with zero attached hydrogens (tertiary/aromatic N) is 2. The molecule has 1 fully saturated rings. The zero-order valence-electron chi connectivity index (χ0n) is 10.00. The Labute approximate surface area is 104 Å². The van der Waals surface area contributed by atoms with E-state index in [1.807, 2.05) is 6.92 Å². The average Bonchev–Trinajstić information content (AvgIpc) is 2.77. The van der Waals surface area contributed by atoms with Gasteiger partial charge in [-0.15, -0.1) is 0 Å². The molecule has 1 aliphatic rings. The molecule has 1 atom stereocenters. The lowest BCUT2D eigenvalue weighted by molar-refractivity contribution is -0.384. The van der Waals surface area contributed by atoms with E-state index in [-0.39, 0.29) is 5.69 Å². The van der Waals surface area contributed by atoms with Crippen LogP contribution in [0.15, 0.2) is 18.2 Å². The molecule has 1 unspecified atom stereocenters.